The van der Waals surface area contributed by atoms with Gasteiger partial charge in [-0.2, -0.15) is 16.7 Å². The average Bonchev–Trinajstić information content (AvgIpc) is 2.41. The second kappa shape index (κ2) is 6.46. The van der Waals surface area contributed by atoms with Crippen molar-refractivity contribution < 1.29 is 0 Å². The van der Waals surface area contributed by atoms with Crippen LogP contribution in [0.25, 0.3) is 0 Å². The van der Waals surface area contributed by atoms with Crippen LogP contribution in [0.4, 0.5) is 11.8 Å². The van der Waals surface area contributed by atoms with E-state index in [4.69, 9.17) is 4.98 Å². The summed E-state index contributed by atoms with van der Waals surface area (Å²) in [5.41, 5.74) is 1.16. The largest absolute Gasteiger partial charge is 0.354 e. The molecular formula is C14H24N4S. The van der Waals surface area contributed by atoms with Crippen molar-refractivity contribution in [3.05, 3.63) is 11.8 Å². The number of thioether (sulfide) groups is 1. The van der Waals surface area contributed by atoms with Crippen LogP contribution in [-0.2, 0) is 0 Å². The number of anilines is 2. The molecule has 0 saturated carbocycles. The average molecular weight is 280 g/mol. The summed E-state index contributed by atoms with van der Waals surface area (Å²) < 4.78 is 0. The Morgan fingerprint density at radius 2 is 2.26 bits per heavy atom. The van der Waals surface area contributed by atoms with Gasteiger partial charge < -0.3 is 10.2 Å². The lowest BCUT2D eigenvalue weighted by molar-refractivity contribution is 0.618. The molecule has 0 spiro atoms. The van der Waals surface area contributed by atoms with Gasteiger partial charge in [-0.25, -0.2) is 4.98 Å². The molecule has 1 N–H and O–H groups in total. The minimum atomic E-state index is 0.520. The predicted molar refractivity (Wildman–Crippen MR) is 84.3 cm³/mol. The molecule has 1 fully saturated rings. The number of nitrogens with one attached hydrogen (secondary N) is 1. The molecule has 1 aliphatic heterocycles. The molecular weight excluding hydrogens is 256 g/mol. The van der Waals surface area contributed by atoms with Crippen molar-refractivity contribution in [3.63, 3.8) is 0 Å². The number of rotatable bonds is 4. The van der Waals surface area contributed by atoms with E-state index in [2.05, 4.69) is 42.9 Å². The lowest BCUT2D eigenvalue weighted by Crippen LogP contribution is -2.45. The van der Waals surface area contributed by atoms with Crippen LogP contribution in [0.5, 0.6) is 0 Å². The molecule has 1 aromatic rings. The standard InChI is InChI=1S/C14H24N4S/c1-5-6-15-14-16-9-10(2)13(17-14)18-7-8-19-12(4)11(18)3/h9,11-12H,5-8H2,1-4H3,(H,15,16,17). The lowest BCUT2D eigenvalue weighted by Gasteiger charge is -2.39. The van der Waals surface area contributed by atoms with E-state index in [1.165, 1.54) is 5.75 Å². The van der Waals surface area contributed by atoms with E-state index in [0.29, 0.717) is 11.3 Å². The molecule has 106 valence electrons. The van der Waals surface area contributed by atoms with Gasteiger partial charge in [0.25, 0.3) is 0 Å². The highest BCUT2D eigenvalue weighted by molar-refractivity contribution is 8.00. The fourth-order valence-corrected chi connectivity index (χ4v) is 3.38. The number of nitrogens with zero attached hydrogens (tertiary/aromatic N) is 3. The minimum absolute atomic E-state index is 0.520. The zero-order chi connectivity index (χ0) is 13.8. The fraction of sp³-hybridized carbons (Fsp3) is 0.714. The van der Waals surface area contributed by atoms with Crippen LogP contribution >= 0.6 is 11.8 Å². The van der Waals surface area contributed by atoms with Gasteiger partial charge in [-0.1, -0.05) is 13.8 Å². The van der Waals surface area contributed by atoms with E-state index in [1.54, 1.807) is 0 Å². The maximum Gasteiger partial charge on any atom is 0.224 e. The summed E-state index contributed by atoms with van der Waals surface area (Å²) in [6.07, 6.45) is 3.01. The van der Waals surface area contributed by atoms with Crippen LogP contribution in [-0.4, -0.2) is 40.1 Å². The Kier molecular flexibility index (Phi) is 4.91. The molecule has 1 aromatic heterocycles. The highest BCUT2D eigenvalue weighted by Crippen LogP contribution is 2.29. The molecule has 2 atom stereocenters. The molecule has 2 rings (SSSR count). The summed E-state index contributed by atoms with van der Waals surface area (Å²) in [5, 5.41) is 3.92. The van der Waals surface area contributed by atoms with E-state index in [9.17, 15) is 0 Å². The van der Waals surface area contributed by atoms with Crippen LogP contribution in [0.15, 0.2) is 6.20 Å². The molecule has 0 radical (unpaired) electrons. The summed E-state index contributed by atoms with van der Waals surface area (Å²) in [7, 11) is 0. The number of aryl methyl sites for hydroxylation is 1. The topological polar surface area (TPSA) is 41.1 Å². The predicted octanol–water partition coefficient (Wildman–Crippen LogP) is 2.94. The van der Waals surface area contributed by atoms with Gasteiger partial charge in [0.05, 0.1) is 0 Å². The van der Waals surface area contributed by atoms with Crippen LogP contribution in [0.3, 0.4) is 0 Å². The first-order chi connectivity index (χ1) is 9.13. The molecule has 5 heteroatoms. The lowest BCUT2D eigenvalue weighted by atomic mass is 10.2. The Morgan fingerprint density at radius 3 is 3.00 bits per heavy atom. The quantitative estimate of drug-likeness (QED) is 0.918. The van der Waals surface area contributed by atoms with Gasteiger partial charge in [0.15, 0.2) is 0 Å². The third-order valence-electron chi connectivity index (χ3n) is 3.63. The van der Waals surface area contributed by atoms with E-state index in [-0.39, 0.29) is 0 Å². The maximum absolute atomic E-state index is 4.71. The molecule has 19 heavy (non-hydrogen) atoms. The van der Waals surface area contributed by atoms with Crippen molar-refractivity contribution >= 4 is 23.5 Å². The molecule has 0 bridgehead atoms. The molecule has 1 saturated heterocycles. The Labute approximate surface area is 120 Å². The van der Waals surface area contributed by atoms with Gasteiger partial charge in [-0.15, -0.1) is 0 Å². The van der Waals surface area contributed by atoms with Gasteiger partial charge in [0.1, 0.15) is 5.82 Å². The van der Waals surface area contributed by atoms with Gasteiger partial charge in [-0.3, -0.25) is 0 Å². The SMILES string of the molecule is CCCNc1ncc(C)c(N2CCSC(C)C2C)n1. The van der Waals surface area contributed by atoms with E-state index < -0.39 is 0 Å². The second-order valence-corrected chi connectivity index (χ2v) is 6.62. The first-order valence-electron chi connectivity index (χ1n) is 7.09. The van der Waals surface area contributed by atoms with Crippen molar-refractivity contribution in [1.29, 1.82) is 0 Å². The summed E-state index contributed by atoms with van der Waals surface area (Å²) in [4.78, 5) is 11.5. The Bertz CT molecular complexity index is 424. The summed E-state index contributed by atoms with van der Waals surface area (Å²) in [6, 6.07) is 0.520. The van der Waals surface area contributed by atoms with Crippen molar-refractivity contribution in [3.8, 4) is 0 Å². The highest BCUT2D eigenvalue weighted by Gasteiger charge is 2.27. The number of aromatic nitrogens is 2. The second-order valence-electron chi connectivity index (χ2n) is 5.14. The van der Waals surface area contributed by atoms with Gasteiger partial charge in [-0.05, 0) is 20.3 Å². The van der Waals surface area contributed by atoms with E-state index in [0.717, 1.165) is 36.8 Å². The molecule has 2 unspecified atom stereocenters. The first-order valence-corrected chi connectivity index (χ1v) is 8.14. The zero-order valence-electron chi connectivity index (χ0n) is 12.3. The van der Waals surface area contributed by atoms with Gasteiger partial charge in [0.2, 0.25) is 5.95 Å². The monoisotopic (exact) mass is 280 g/mol. The smallest absolute Gasteiger partial charge is 0.224 e. The summed E-state index contributed by atoms with van der Waals surface area (Å²) >= 11 is 2.05. The molecule has 0 amide bonds. The fourth-order valence-electron chi connectivity index (χ4n) is 2.28. The highest BCUT2D eigenvalue weighted by atomic mass is 32.2. The minimum Gasteiger partial charge on any atom is -0.354 e. The molecule has 1 aliphatic rings. The normalized spacial score (nSPS) is 23.5. The Hall–Kier alpha value is -0.970. The number of hydrogen-bond donors (Lipinski definition) is 1. The van der Waals surface area contributed by atoms with Crippen molar-refractivity contribution in [1.82, 2.24) is 9.97 Å². The molecule has 4 nitrogen and oxygen atoms in total. The van der Waals surface area contributed by atoms with Crippen LogP contribution < -0.4 is 10.2 Å². The Morgan fingerprint density at radius 1 is 1.47 bits per heavy atom. The first kappa shape index (κ1) is 14.4. The van der Waals surface area contributed by atoms with Crippen molar-refractivity contribution in [2.75, 3.05) is 29.1 Å². The maximum atomic E-state index is 4.71. The summed E-state index contributed by atoms with van der Waals surface area (Å²) in [5.74, 6) is 3.01. The molecule has 0 aromatic carbocycles. The van der Waals surface area contributed by atoms with E-state index in [1.807, 2.05) is 18.0 Å². The zero-order valence-corrected chi connectivity index (χ0v) is 13.1. The molecule has 2 heterocycles. The van der Waals surface area contributed by atoms with Gasteiger partial charge in [0, 0.05) is 41.9 Å². The van der Waals surface area contributed by atoms with E-state index >= 15 is 0 Å². The van der Waals surface area contributed by atoms with Gasteiger partial charge >= 0.3 is 0 Å². The third kappa shape index (κ3) is 3.32. The van der Waals surface area contributed by atoms with Crippen LogP contribution in [0, 0.1) is 6.92 Å². The number of hydrogen-bond acceptors (Lipinski definition) is 5. The van der Waals surface area contributed by atoms with Crippen LogP contribution in [0.1, 0.15) is 32.8 Å². The summed E-state index contributed by atoms with van der Waals surface area (Å²) in [6.45, 7) is 10.8. The van der Waals surface area contributed by atoms with Crippen molar-refractivity contribution in [2.24, 2.45) is 0 Å². The Balaban J connectivity index is 2.22. The van der Waals surface area contributed by atoms with Crippen molar-refractivity contribution in [2.45, 2.75) is 45.4 Å². The molecule has 0 aliphatic carbocycles. The van der Waals surface area contributed by atoms with Crippen LogP contribution in [0.2, 0.25) is 0 Å². The third-order valence-corrected chi connectivity index (χ3v) is 4.97.